The van der Waals surface area contributed by atoms with Crippen molar-refractivity contribution in [3.63, 3.8) is 0 Å². The molecule has 1 aromatic heterocycles. The number of para-hydroxylation sites is 1. The molecule has 0 N–H and O–H groups in total. The van der Waals surface area contributed by atoms with E-state index in [2.05, 4.69) is 15.1 Å². The average molecular weight is 386 g/mol. The Bertz CT molecular complexity index is 928. The van der Waals surface area contributed by atoms with E-state index in [4.69, 9.17) is 0 Å². The fourth-order valence-corrected chi connectivity index (χ4v) is 3.94. The molecule has 1 fully saturated rings. The summed E-state index contributed by atoms with van der Waals surface area (Å²) in [6.45, 7) is 4.28. The van der Waals surface area contributed by atoms with E-state index >= 15 is 0 Å². The number of benzene rings is 2. The Labute approximate surface area is 172 Å². The van der Waals surface area contributed by atoms with Crippen LogP contribution < -0.4 is 9.80 Å². The van der Waals surface area contributed by atoms with E-state index in [1.807, 2.05) is 84.6 Å². The van der Waals surface area contributed by atoms with Crippen molar-refractivity contribution in [3.8, 4) is 11.3 Å². The molecule has 0 aliphatic carbocycles. The van der Waals surface area contributed by atoms with Gasteiger partial charge in [-0.3, -0.25) is 4.79 Å². The highest BCUT2D eigenvalue weighted by Gasteiger charge is 2.30. The van der Waals surface area contributed by atoms with Crippen molar-refractivity contribution in [2.24, 2.45) is 5.92 Å². The minimum Gasteiger partial charge on any atom is -0.354 e. The predicted octanol–water partition coefficient (Wildman–Crippen LogP) is 4.41. The summed E-state index contributed by atoms with van der Waals surface area (Å²) in [5.41, 5.74) is 2.88. The molecule has 0 saturated carbocycles. The number of carbonyl (C=O) groups excluding carboxylic acids is 1. The highest BCUT2D eigenvalue weighted by molar-refractivity contribution is 5.95. The zero-order valence-corrected chi connectivity index (χ0v) is 16.7. The third kappa shape index (κ3) is 4.29. The Morgan fingerprint density at radius 1 is 1.00 bits per heavy atom. The third-order valence-electron chi connectivity index (χ3n) is 5.46. The summed E-state index contributed by atoms with van der Waals surface area (Å²) in [6, 6.07) is 24.0. The van der Waals surface area contributed by atoms with E-state index in [1.54, 1.807) is 0 Å². The smallest absolute Gasteiger partial charge is 0.231 e. The van der Waals surface area contributed by atoms with Gasteiger partial charge in [-0.25, -0.2) is 0 Å². The zero-order valence-electron chi connectivity index (χ0n) is 16.7. The van der Waals surface area contributed by atoms with E-state index in [0.29, 0.717) is 13.1 Å². The SMILES string of the molecule is CCN(C(=O)C1CCCN(c2ccc(-c3ccccc3)nn2)C1)c1ccccc1. The van der Waals surface area contributed by atoms with Crippen LogP contribution in [0.5, 0.6) is 0 Å². The lowest BCUT2D eigenvalue weighted by molar-refractivity contribution is -0.122. The van der Waals surface area contributed by atoms with Gasteiger partial charge in [0.1, 0.15) is 0 Å². The maximum absolute atomic E-state index is 13.2. The van der Waals surface area contributed by atoms with E-state index in [-0.39, 0.29) is 11.8 Å². The van der Waals surface area contributed by atoms with Gasteiger partial charge in [-0.05, 0) is 44.0 Å². The first kappa shape index (κ1) is 19.1. The molecule has 3 aromatic rings. The van der Waals surface area contributed by atoms with Crippen LogP contribution in [0, 0.1) is 5.92 Å². The van der Waals surface area contributed by atoms with Crippen molar-refractivity contribution in [1.82, 2.24) is 10.2 Å². The molecule has 1 atom stereocenters. The van der Waals surface area contributed by atoms with Crippen LogP contribution >= 0.6 is 0 Å². The molecule has 2 heterocycles. The van der Waals surface area contributed by atoms with Crippen LogP contribution in [-0.4, -0.2) is 35.7 Å². The second kappa shape index (κ2) is 8.86. The van der Waals surface area contributed by atoms with Crippen molar-refractivity contribution in [1.29, 1.82) is 0 Å². The lowest BCUT2D eigenvalue weighted by atomic mass is 9.96. The lowest BCUT2D eigenvalue weighted by Gasteiger charge is -2.35. The average Bonchev–Trinajstić information content (AvgIpc) is 2.81. The first-order chi connectivity index (χ1) is 14.3. The van der Waals surface area contributed by atoms with Crippen LogP contribution in [0.25, 0.3) is 11.3 Å². The van der Waals surface area contributed by atoms with Crippen molar-refractivity contribution in [3.05, 3.63) is 72.8 Å². The van der Waals surface area contributed by atoms with Gasteiger partial charge in [-0.1, -0.05) is 48.5 Å². The van der Waals surface area contributed by atoms with Gasteiger partial charge >= 0.3 is 0 Å². The molecule has 5 nitrogen and oxygen atoms in total. The van der Waals surface area contributed by atoms with Gasteiger partial charge in [0.15, 0.2) is 5.82 Å². The van der Waals surface area contributed by atoms with Crippen molar-refractivity contribution >= 4 is 17.4 Å². The number of carbonyl (C=O) groups is 1. The molecule has 1 unspecified atom stereocenters. The van der Waals surface area contributed by atoms with Crippen LogP contribution in [-0.2, 0) is 4.79 Å². The van der Waals surface area contributed by atoms with Crippen molar-refractivity contribution in [2.75, 3.05) is 29.4 Å². The van der Waals surface area contributed by atoms with Gasteiger partial charge in [0.05, 0.1) is 11.6 Å². The normalized spacial score (nSPS) is 16.4. The molecular formula is C24H26N4O. The van der Waals surface area contributed by atoms with E-state index in [0.717, 1.165) is 42.1 Å². The molecule has 0 bridgehead atoms. The third-order valence-corrected chi connectivity index (χ3v) is 5.46. The lowest BCUT2D eigenvalue weighted by Crippen LogP contribution is -2.45. The summed E-state index contributed by atoms with van der Waals surface area (Å²) < 4.78 is 0. The number of amides is 1. The standard InChI is InChI=1S/C24H26N4O/c1-2-28(21-13-7-4-8-14-21)24(29)20-12-9-17-27(18-20)23-16-15-22(25-26-23)19-10-5-3-6-11-19/h3-8,10-11,13-16,20H,2,9,12,17-18H2,1H3. The second-order valence-electron chi connectivity index (χ2n) is 7.35. The van der Waals surface area contributed by atoms with Gasteiger partial charge in [-0.2, -0.15) is 0 Å². The number of hydrogen-bond donors (Lipinski definition) is 0. The zero-order chi connectivity index (χ0) is 20.1. The highest BCUT2D eigenvalue weighted by atomic mass is 16.2. The summed E-state index contributed by atoms with van der Waals surface area (Å²) in [6.07, 6.45) is 1.89. The summed E-state index contributed by atoms with van der Waals surface area (Å²) in [4.78, 5) is 17.3. The Kier molecular flexibility index (Phi) is 5.84. The molecule has 4 rings (SSSR count). The largest absolute Gasteiger partial charge is 0.354 e. The molecule has 2 aromatic carbocycles. The fourth-order valence-electron chi connectivity index (χ4n) is 3.94. The molecule has 0 spiro atoms. The first-order valence-corrected chi connectivity index (χ1v) is 10.3. The molecule has 1 amide bonds. The summed E-state index contributed by atoms with van der Waals surface area (Å²) in [5.74, 6) is 1.00. The monoisotopic (exact) mass is 386 g/mol. The Morgan fingerprint density at radius 3 is 2.38 bits per heavy atom. The number of nitrogens with zero attached hydrogens (tertiary/aromatic N) is 4. The topological polar surface area (TPSA) is 49.3 Å². The van der Waals surface area contributed by atoms with Gasteiger partial charge in [-0.15, -0.1) is 10.2 Å². The molecule has 5 heteroatoms. The second-order valence-corrected chi connectivity index (χ2v) is 7.35. The van der Waals surface area contributed by atoms with E-state index < -0.39 is 0 Å². The Balaban J connectivity index is 1.47. The fraction of sp³-hybridized carbons (Fsp3) is 0.292. The predicted molar refractivity (Wildman–Crippen MR) is 117 cm³/mol. The van der Waals surface area contributed by atoms with Crippen LogP contribution in [0.4, 0.5) is 11.5 Å². The van der Waals surface area contributed by atoms with E-state index in [9.17, 15) is 4.79 Å². The molecular weight excluding hydrogens is 360 g/mol. The molecule has 1 aliphatic heterocycles. The first-order valence-electron chi connectivity index (χ1n) is 10.3. The number of anilines is 2. The Morgan fingerprint density at radius 2 is 1.72 bits per heavy atom. The Hall–Kier alpha value is -3.21. The molecule has 29 heavy (non-hydrogen) atoms. The van der Waals surface area contributed by atoms with Crippen LogP contribution in [0.2, 0.25) is 0 Å². The van der Waals surface area contributed by atoms with Gasteiger partial charge in [0.25, 0.3) is 0 Å². The molecule has 1 aliphatic rings. The van der Waals surface area contributed by atoms with Crippen LogP contribution in [0.15, 0.2) is 72.8 Å². The van der Waals surface area contributed by atoms with E-state index in [1.165, 1.54) is 0 Å². The summed E-state index contributed by atoms with van der Waals surface area (Å²) in [7, 11) is 0. The number of hydrogen-bond acceptors (Lipinski definition) is 4. The highest BCUT2D eigenvalue weighted by Crippen LogP contribution is 2.26. The molecule has 1 saturated heterocycles. The van der Waals surface area contributed by atoms with Crippen molar-refractivity contribution in [2.45, 2.75) is 19.8 Å². The number of rotatable bonds is 5. The van der Waals surface area contributed by atoms with Gasteiger partial charge in [0.2, 0.25) is 5.91 Å². The quantitative estimate of drug-likeness (QED) is 0.652. The maximum Gasteiger partial charge on any atom is 0.231 e. The van der Waals surface area contributed by atoms with Gasteiger partial charge in [0, 0.05) is 30.9 Å². The minimum absolute atomic E-state index is 0.0282. The molecule has 0 radical (unpaired) electrons. The summed E-state index contributed by atoms with van der Waals surface area (Å²) >= 11 is 0. The minimum atomic E-state index is -0.0282. The number of piperidine rings is 1. The molecule has 148 valence electrons. The number of aromatic nitrogens is 2. The maximum atomic E-state index is 13.2. The van der Waals surface area contributed by atoms with Crippen LogP contribution in [0.3, 0.4) is 0 Å². The summed E-state index contributed by atoms with van der Waals surface area (Å²) in [5, 5.41) is 8.85. The van der Waals surface area contributed by atoms with Crippen LogP contribution in [0.1, 0.15) is 19.8 Å². The van der Waals surface area contributed by atoms with Gasteiger partial charge < -0.3 is 9.80 Å². The van der Waals surface area contributed by atoms with Crippen molar-refractivity contribution < 1.29 is 4.79 Å².